The van der Waals surface area contributed by atoms with Gasteiger partial charge >= 0.3 is 6.09 Å². The average molecular weight is 178 g/mol. The van der Waals surface area contributed by atoms with Crippen molar-refractivity contribution >= 4 is 12.4 Å². The largest absolute Gasteiger partial charge is 0.465 e. The van der Waals surface area contributed by atoms with Gasteiger partial charge in [-0.2, -0.15) is 0 Å². The molecule has 0 saturated carbocycles. The molecule has 0 bridgehead atoms. The topological polar surface area (TPSA) is 78.4 Å². The maximum atomic E-state index is 11.5. The van der Waals surface area contributed by atoms with Crippen molar-refractivity contribution in [1.29, 1.82) is 0 Å². The fourth-order valence-corrected chi connectivity index (χ4v) is 0.616. The van der Waals surface area contributed by atoms with Gasteiger partial charge in [-0.1, -0.05) is 0 Å². The highest BCUT2D eigenvalue weighted by Gasteiger charge is 2.08. The summed E-state index contributed by atoms with van der Waals surface area (Å²) in [5.74, 6) is 0. The van der Waals surface area contributed by atoms with Gasteiger partial charge in [0.2, 0.25) is 0 Å². The summed E-state index contributed by atoms with van der Waals surface area (Å²) in [6.45, 7) is -0.315. The first-order chi connectivity index (χ1) is 5.70. The summed E-state index contributed by atoms with van der Waals surface area (Å²) in [6.07, 6.45) is -0.812. The molecule has 1 unspecified atom stereocenters. The average Bonchev–Trinajstić information content (AvgIpc) is 2.02. The Morgan fingerprint density at radius 2 is 2.33 bits per heavy atom. The van der Waals surface area contributed by atoms with Crippen molar-refractivity contribution in [2.75, 3.05) is 19.8 Å². The van der Waals surface area contributed by atoms with Crippen LogP contribution in [0, 0.1) is 0 Å². The van der Waals surface area contributed by atoms with Gasteiger partial charge in [-0.25, -0.2) is 9.18 Å². The van der Waals surface area contributed by atoms with Crippen molar-refractivity contribution in [2.24, 2.45) is 0 Å². The number of hydrogen-bond acceptors (Lipinski definition) is 3. The molecule has 0 aromatic rings. The first-order valence-electron chi connectivity index (χ1n) is 3.42. The number of amides is 1. The summed E-state index contributed by atoms with van der Waals surface area (Å²) >= 11 is 0. The fourth-order valence-electron chi connectivity index (χ4n) is 0.616. The number of alkyl halides is 1. The predicted molar refractivity (Wildman–Crippen MR) is 39.9 cm³/mol. The first kappa shape index (κ1) is 10.8. The molecule has 0 aliphatic heterocycles. The lowest BCUT2D eigenvalue weighted by Gasteiger charge is -2.09. The number of halogens is 1. The quantitative estimate of drug-likeness (QED) is 0.374. The molecule has 6 heteroatoms. The molecule has 1 atom stereocenters. The van der Waals surface area contributed by atoms with E-state index in [1.54, 1.807) is 0 Å². The lowest BCUT2D eigenvalue weighted by Crippen LogP contribution is -2.42. The van der Waals surface area contributed by atoms with E-state index < -0.39 is 18.8 Å². The van der Waals surface area contributed by atoms with E-state index in [2.05, 4.69) is 5.32 Å². The molecule has 0 radical (unpaired) electrons. The maximum absolute atomic E-state index is 11.5. The number of aldehydes is 1. The smallest absolute Gasteiger partial charge is 0.405 e. The van der Waals surface area contributed by atoms with Crippen molar-refractivity contribution in [3.63, 3.8) is 0 Å². The van der Waals surface area contributed by atoms with E-state index in [-0.39, 0.29) is 13.1 Å². The minimum absolute atomic E-state index is 0.111. The summed E-state index contributed by atoms with van der Waals surface area (Å²) in [7, 11) is 0. The maximum Gasteiger partial charge on any atom is 0.405 e. The number of nitrogens with one attached hydrogen (secondary N) is 2. The number of carbonyl (C=O) groups is 2. The van der Waals surface area contributed by atoms with E-state index in [9.17, 15) is 14.0 Å². The molecular weight excluding hydrogens is 167 g/mol. The Morgan fingerprint density at radius 3 is 2.75 bits per heavy atom. The van der Waals surface area contributed by atoms with Crippen molar-refractivity contribution in [1.82, 2.24) is 10.6 Å². The van der Waals surface area contributed by atoms with Gasteiger partial charge in [0.1, 0.15) is 19.0 Å². The molecule has 12 heavy (non-hydrogen) atoms. The van der Waals surface area contributed by atoms with Crippen LogP contribution >= 0.6 is 0 Å². The van der Waals surface area contributed by atoms with E-state index in [1.807, 2.05) is 5.32 Å². The second-order valence-corrected chi connectivity index (χ2v) is 2.09. The molecular formula is C6H11FN2O3. The van der Waals surface area contributed by atoms with Crippen LogP contribution in [-0.4, -0.2) is 43.3 Å². The summed E-state index contributed by atoms with van der Waals surface area (Å²) in [5.41, 5.74) is 0. The Kier molecular flexibility index (Phi) is 5.90. The third-order valence-electron chi connectivity index (χ3n) is 1.11. The summed E-state index contributed by atoms with van der Waals surface area (Å²) in [5, 5.41) is 12.7. The third-order valence-corrected chi connectivity index (χ3v) is 1.11. The van der Waals surface area contributed by atoms with Crippen molar-refractivity contribution in [2.45, 2.75) is 6.04 Å². The molecule has 0 heterocycles. The highest BCUT2D eigenvalue weighted by Crippen LogP contribution is 1.76. The van der Waals surface area contributed by atoms with Crippen LogP contribution in [0.4, 0.5) is 9.18 Å². The second kappa shape index (κ2) is 6.53. The zero-order valence-electron chi connectivity index (χ0n) is 6.42. The zero-order chi connectivity index (χ0) is 9.40. The summed E-state index contributed by atoms with van der Waals surface area (Å²) in [4.78, 5) is 20.2. The van der Waals surface area contributed by atoms with Gasteiger partial charge in [-0.15, -0.1) is 0 Å². The fraction of sp³-hybridized carbons (Fsp3) is 0.667. The van der Waals surface area contributed by atoms with E-state index in [0.717, 1.165) is 0 Å². The summed E-state index contributed by atoms with van der Waals surface area (Å²) < 4.78 is 11.5. The lowest BCUT2D eigenvalue weighted by atomic mass is 10.3. The highest BCUT2D eigenvalue weighted by molar-refractivity contribution is 5.71. The molecule has 70 valence electrons. The Bertz CT molecular complexity index is 154. The van der Waals surface area contributed by atoms with Crippen molar-refractivity contribution < 1.29 is 19.1 Å². The molecule has 5 nitrogen and oxygen atoms in total. The highest BCUT2D eigenvalue weighted by atomic mass is 19.1. The Balaban J connectivity index is 3.53. The van der Waals surface area contributed by atoms with Crippen LogP contribution in [0.2, 0.25) is 0 Å². The summed E-state index contributed by atoms with van der Waals surface area (Å²) in [6, 6.07) is -0.811. The SMILES string of the molecule is O=CC(CNCCF)NC(=O)O. The minimum atomic E-state index is -1.27. The first-order valence-corrected chi connectivity index (χ1v) is 3.42. The van der Waals surface area contributed by atoms with Gasteiger partial charge in [-0.05, 0) is 0 Å². The van der Waals surface area contributed by atoms with Crippen molar-refractivity contribution in [3.8, 4) is 0 Å². The van der Waals surface area contributed by atoms with Gasteiger partial charge in [0.15, 0.2) is 0 Å². The molecule has 0 aliphatic rings. The molecule has 0 spiro atoms. The standard InChI is InChI=1S/C6H11FN2O3/c7-1-2-8-3-5(4-10)9-6(11)12/h4-5,8-9H,1-3H2,(H,11,12). The minimum Gasteiger partial charge on any atom is -0.465 e. The molecule has 1 amide bonds. The molecule has 0 aromatic carbocycles. The molecule has 0 saturated heterocycles. The molecule has 3 N–H and O–H groups in total. The third kappa shape index (κ3) is 5.60. The van der Waals surface area contributed by atoms with Crippen LogP contribution in [0.25, 0.3) is 0 Å². The Hall–Kier alpha value is -1.17. The number of hydrogen-bond donors (Lipinski definition) is 3. The number of rotatable bonds is 6. The predicted octanol–water partition coefficient (Wildman–Crippen LogP) is -0.619. The van der Waals surface area contributed by atoms with E-state index >= 15 is 0 Å². The molecule has 0 aliphatic carbocycles. The Morgan fingerprint density at radius 1 is 1.67 bits per heavy atom. The monoisotopic (exact) mass is 178 g/mol. The van der Waals surface area contributed by atoms with Crippen LogP contribution in [0.1, 0.15) is 0 Å². The number of carboxylic acid groups (broad SMARTS) is 1. The van der Waals surface area contributed by atoms with Crippen LogP contribution in [0.3, 0.4) is 0 Å². The van der Waals surface area contributed by atoms with Crippen molar-refractivity contribution in [3.05, 3.63) is 0 Å². The van der Waals surface area contributed by atoms with Gasteiger partial charge in [-0.3, -0.25) is 0 Å². The second-order valence-electron chi connectivity index (χ2n) is 2.09. The van der Waals surface area contributed by atoms with Gasteiger partial charge in [0.05, 0.1) is 0 Å². The van der Waals surface area contributed by atoms with Crippen LogP contribution < -0.4 is 10.6 Å². The van der Waals surface area contributed by atoms with E-state index in [4.69, 9.17) is 5.11 Å². The van der Waals surface area contributed by atoms with Gasteiger partial charge in [0.25, 0.3) is 0 Å². The van der Waals surface area contributed by atoms with Gasteiger partial charge in [0, 0.05) is 13.1 Å². The van der Waals surface area contributed by atoms with Gasteiger partial charge < -0.3 is 20.5 Å². The van der Waals surface area contributed by atoms with E-state index in [1.165, 1.54) is 0 Å². The van der Waals surface area contributed by atoms with Crippen LogP contribution in [-0.2, 0) is 4.79 Å². The molecule has 0 rings (SSSR count). The lowest BCUT2D eigenvalue weighted by molar-refractivity contribution is -0.109. The molecule has 0 aromatic heterocycles. The normalized spacial score (nSPS) is 12.1. The van der Waals surface area contributed by atoms with Crippen LogP contribution in [0.5, 0.6) is 0 Å². The number of carbonyl (C=O) groups excluding carboxylic acids is 1. The van der Waals surface area contributed by atoms with Crippen LogP contribution in [0.15, 0.2) is 0 Å². The zero-order valence-corrected chi connectivity index (χ0v) is 6.42. The Labute approximate surface area is 68.9 Å². The molecule has 0 fully saturated rings. The van der Waals surface area contributed by atoms with E-state index in [0.29, 0.717) is 6.29 Å².